The summed E-state index contributed by atoms with van der Waals surface area (Å²) < 4.78 is 1.95. The van der Waals surface area contributed by atoms with Crippen molar-refractivity contribution >= 4 is 46.3 Å². The molecule has 10 heteroatoms. The maximum absolute atomic E-state index is 8.12. The minimum absolute atomic E-state index is 0.0868. The van der Waals surface area contributed by atoms with Crippen LogP contribution in [0, 0.1) is 18.8 Å². The minimum Gasteiger partial charge on any atom is -0.355 e. The lowest BCUT2D eigenvalue weighted by Gasteiger charge is -2.45. The number of rotatable bonds is 4. The first-order valence-corrected chi connectivity index (χ1v) is 13.6. The maximum atomic E-state index is 8.12. The molecule has 198 valence electrons. The Morgan fingerprint density at radius 2 is 1.86 bits per heavy atom. The predicted octanol–water partition coefficient (Wildman–Crippen LogP) is 5.41. The SMILES string of the molecule is Cc1nn(C(C)c2ccc(Cl)cc2Cl)c2nc(N3CCC(N4CCCC(C)C4)C(C)C3)cnc12.O=C=O. The number of fused-ring (bicyclic) bond motifs is 1. The summed E-state index contributed by atoms with van der Waals surface area (Å²) in [5.41, 5.74) is 3.48. The number of anilines is 1. The van der Waals surface area contributed by atoms with Gasteiger partial charge in [0.25, 0.3) is 0 Å². The Balaban J connectivity index is 0.00000102. The first kappa shape index (κ1) is 27.5. The van der Waals surface area contributed by atoms with Crippen LogP contribution in [0.3, 0.4) is 0 Å². The van der Waals surface area contributed by atoms with Crippen molar-refractivity contribution in [2.75, 3.05) is 31.1 Å². The lowest BCUT2D eigenvalue weighted by molar-refractivity contribution is -0.191. The van der Waals surface area contributed by atoms with E-state index in [0.29, 0.717) is 22.0 Å². The van der Waals surface area contributed by atoms with Gasteiger partial charge >= 0.3 is 6.15 Å². The van der Waals surface area contributed by atoms with Gasteiger partial charge in [0.2, 0.25) is 0 Å². The Kier molecular flexibility index (Phi) is 8.86. The van der Waals surface area contributed by atoms with Crippen LogP contribution in [0.1, 0.15) is 57.3 Å². The molecule has 0 spiro atoms. The Bertz CT molecular complexity index is 1280. The van der Waals surface area contributed by atoms with Gasteiger partial charge in [0, 0.05) is 35.7 Å². The molecule has 0 radical (unpaired) electrons. The number of aryl methyl sites for hydroxylation is 1. The molecule has 4 unspecified atom stereocenters. The third-order valence-corrected chi connectivity index (χ3v) is 8.24. The van der Waals surface area contributed by atoms with E-state index >= 15 is 0 Å². The van der Waals surface area contributed by atoms with Gasteiger partial charge in [-0.15, -0.1) is 0 Å². The lowest BCUT2D eigenvalue weighted by Crippen LogP contribution is -2.52. The average Bonchev–Trinajstić information content (AvgIpc) is 3.20. The minimum atomic E-state index is -0.0868. The van der Waals surface area contributed by atoms with Crippen molar-refractivity contribution < 1.29 is 9.59 Å². The van der Waals surface area contributed by atoms with Gasteiger partial charge < -0.3 is 4.90 Å². The zero-order valence-corrected chi connectivity index (χ0v) is 23.3. The number of hydrogen-bond acceptors (Lipinski definition) is 7. The fourth-order valence-corrected chi connectivity index (χ4v) is 6.41. The van der Waals surface area contributed by atoms with Crippen LogP contribution in [0.2, 0.25) is 10.0 Å². The van der Waals surface area contributed by atoms with Crippen molar-refractivity contribution in [1.82, 2.24) is 24.6 Å². The van der Waals surface area contributed by atoms with Crippen molar-refractivity contribution in [2.24, 2.45) is 11.8 Å². The van der Waals surface area contributed by atoms with Crippen LogP contribution in [0.4, 0.5) is 5.82 Å². The number of halogens is 2. The number of piperidine rings is 2. The Hall–Kier alpha value is -2.51. The number of benzene rings is 1. The second-order valence-corrected chi connectivity index (χ2v) is 11.2. The summed E-state index contributed by atoms with van der Waals surface area (Å²) in [4.78, 5) is 31.2. The van der Waals surface area contributed by atoms with Crippen molar-refractivity contribution in [1.29, 1.82) is 0 Å². The van der Waals surface area contributed by atoms with E-state index < -0.39 is 0 Å². The molecular weight excluding hydrogens is 511 g/mol. The van der Waals surface area contributed by atoms with Crippen LogP contribution in [0.15, 0.2) is 24.4 Å². The molecule has 0 N–H and O–H groups in total. The molecule has 0 aliphatic carbocycles. The number of aromatic nitrogens is 4. The third kappa shape index (κ3) is 5.99. The molecular formula is C27H34Cl2N6O2. The van der Waals surface area contributed by atoms with Crippen LogP contribution < -0.4 is 4.90 Å². The summed E-state index contributed by atoms with van der Waals surface area (Å²) in [7, 11) is 0. The first-order valence-electron chi connectivity index (χ1n) is 12.9. The summed E-state index contributed by atoms with van der Waals surface area (Å²) in [6.07, 6.45) is 6.03. The molecule has 2 aromatic heterocycles. The summed E-state index contributed by atoms with van der Waals surface area (Å²) in [5, 5.41) is 6.04. The number of carbonyl (C=O) groups excluding carboxylic acids is 2. The van der Waals surface area contributed by atoms with Crippen LogP contribution in [-0.4, -0.2) is 63.0 Å². The molecule has 1 aromatic carbocycles. The van der Waals surface area contributed by atoms with E-state index in [1.165, 1.54) is 32.4 Å². The average molecular weight is 546 g/mol. The summed E-state index contributed by atoms with van der Waals surface area (Å²) in [5.74, 6) is 2.34. The van der Waals surface area contributed by atoms with Crippen molar-refractivity contribution in [2.45, 2.75) is 59.0 Å². The highest BCUT2D eigenvalue weighted by Crippen LogP contribution is 2.32. The largest absolute Gasteiger partial charge is 0.373 e. The molecule has 5 rings (SSSR count). The number of likely N-dealkylation sites (tertiary alicyclic amines) is 1. The molecule has 2 aliphatic rings. The highest BCUT2D eigenvalue weighted by molar-refractivity contribution is 6.35. The molecule has 2 saturated heterocycles. The molecule has 0 bridgehead atoms. The molecule has 0 amide bonds. The monoisotopic (exact) mass is 544 g/mol. The van der Waals surface area contributed by atoms with Crippen LogP contribution >= 0.6 is 23.2 Å². The van der Waals surface area contributed by atoms with E-state index in [1.54, 1.807) is 6.07 Å². The van der Waals surface area contributed by atoms with Crippen molar-refractivity contribution in [3.63, 3.8) is 0 Å². The van der Waals surface area contributed by atoms with Gasteiger partial charge in [-0.3, -0.25) is 4.90 Å². The van der Waals surface area contributed by atoms with Crippen molar-refractivity contribution in [3.05, 3.63) is 45.7 Å². The van der Waals surface area contributed by atoms with Gasteiger partial charge in [0.05, 0.1) is 17.9 Å². The van der Waals surface area contributed by atoms with Gasteiger partial charge in [-0.05, 0) is 69.2 Å². The van der Waals surface area contributed by atoms with E-state index in [4.69, 9.17) is 47.9 Å². The van der Waals surface area contributed by atoms with Gasteiger partial charge in [-0.1, -0.05) is 43.1 Å². The Morgan fingerprint density at radius 1 is 1.11 bits per heavy atom. The lowest BCUT2D eigenvalue weighted by atomic mass is 9.89. The molecule has 2 fully saturated rings. The predicted molar refractivity (Wildman–Crippen MR) is 145 cm³/mol. The second kappa shape index (κ2) is 11.9. The zero-order chi connectivity index (χ0) is 26.7. The summed E-state index contributed by atoms with van der Waals surface area (Å²) in [6, 6.07) is 6.18. The second-order valence-electron chi connectivity index (χ2n) is 10.4. The summed E-state index contributed by atoms with van der Waals surface area (Å²) in [6.45, 7) is 13.3. The molecule has 4 atom stereocenters. The topological polar surface area (TPSA) is 84.2 Å². The fraction of sp³-hybridized carbons (Fsp3) is 0.556. The third-order valence-electron chi connectivity index (χ3n) is 7.68. The Labute approximate surface area is 227 Å². The quantitative estimate of drug-likeness (QED) is 0.433. The molecule has 37 heavy (non-hydrogen) atoms. The van der Waals surface area contributed by atoms with Gasteiger partial charge in [-0.2, -0.15) is 14.7 Å². The van der Waals surface area contributed by atoms with Crippen LogP contribution in [0.5, 0.6) is 0 Å². The number of hydrogen-bond donors (Lipinski definition) is 0. The zero-order valence-electron chi connectivity index (χ0n) is 21.8. The van der Waals surface area contributed by atoms with Crippen LogP contribution in [-0.2, 0) is 9.59 Å². The van der Waals surface area contributed by atoms with Crippen molar-refractivity contribution in [3.8, 4) is 0 Å². The smallest absolute Gasteiger partial charge is 0.355 e. The highest BCUT2D eigenvalue weighted by atomic mass is 35.5. The van der Waals surface area contributed by atoms with Gasteiger partial charge in [0.15, 0.2) is 5.65 Å². The molecule has 8 nitrogen and oxygen atoms in total. The van der Waals surface area contributed by atoms with E-state index in [9.17, 15) is 0 Å². The van der Waals surface area contributed by atoms with E-state index in [-0.39, 0.29) is 12.2 Å². The van der Waals surface area contributed by atoms with Gasteiger partial charge in [-0.25, -0.2) is 14.6 Å². The molecule has 4 heterocycles. The van der Waals surface area contributed by atoms with E-state index in [2.05, 4.69) is 30.6 Å². The standard InChI is InChI=1S/C26H34Cl2N6.CO2/c1-16-6-5-10-32(14-16)23-9-11-33(15-17(23)2)24-13-29-25-18(3)31-34(26(25)30-24)19(4)21-8-7-20(27)12-22(21)28;2-1-3/h7-8,12-13,16-17,19,23H,5-6,9-11,14-15H2,1-4H3;. The Morgan fingerprint density at radius 3 is 2.54 bits per heavy atom. The maximum Gasteiger partial charge on any atom is 0.373 e. The summed E-state index contributed by atoms with van der Waals surface area (Å²) >= 11 is 12.6. The normalized spacial score (nSPS) is 23.3. The fourth-order valence-electron chi connectivity index (χ4n) is 5.85. The molecule has 0 saturated carbocycles. The molecule has 3 aromatic rings. The van der Waals surface area contributed by atoms with Gasteiger partial charge in [0.1, 0.15) is 11.3 Å². The van der Waals surface area contributed by atoms with E-state index in [0.717, 1.165) is 47.2 Å². The first-order chi connectivity index (χ1) is 17.7. The van der Waals surface area contributed by atoms with Crippen LogP contribution in [0.25, 0.3) is 11.2 Å². The number of nitrogens with zero attached hydrogens (tertiary/aromatic N) is 6. The highest BCUT2D eigenvalue weighted by Gasteiger charge is 2.33. The van der Waals surface area contributed by atoms with E-state index in [1.807, 2.05) is 29.9 Å². The molecule has 2 aliphatic heterocycles.